The third-order valence-corrected chi connectivity index (χ3v) is 2.49. The Bertz CT molecular complexity index is 329. The van der Waals surface area contributed by atoms with E-state index in [2.05, 4.69) is 4.90 Å². The van der Waals surface area contributed by atoms with Gasteiger partial charge in [-0.3, -0.25) is 0 Å². The predicted octanol–water partition coefficient (Wildman–Crippen LogP) is 1.75. The van der Waals surface area contributed by atoms with Gasteiger partial charge in [0, 0.05) is 33.4 Å². The van der Waals surface area contributed by atoms with Gasteiger partial charge in [-0.25, -0.2) is 0 Å². The Morgan fingerprint density at radius 3 is 2.69 bits per heavy atom. The van der Waals surface area contributed by atoms with Crippen molar-refractivity contribution in [2.45, 2.75) is 6.42 Å². The van der Waals surface area contributed by atoms with Gasteiger partial charge >= 0.3 is 0 Å². The minimum atomic E-state index is 0.758. The van der Waals surface area contributed by atoms with Crippen LogP contribution < -0.4 is 15.4 Å². The monoisotopic (exact) mass is 224 g/mol. The normalized spacial score (nSPS) is 10.2. The molecule has 0 unspecified atom stereocenters. The molecule has 0 amide bonds. The first-order valence-electron chi connectivity index (χ1n) is 5.32. The Hall–Kier alpha value is -1.42. The van der Waals surface area contributed by atoms with Gasteiger partial charge in [-0.05, 0) is 18.6 Å². The number of methoxy groups -OCH3 is 2. The summed E-state index contributed by atoms with van der Waals surface area (Å²) in [5, 5.41) is 0. The number of nitrogens with two attached hydrogens (primary N) is 1. The van der Waals surface area contributed by atoms with E-state index in [0.29, 0.717) is 0 Å². The summed E-state index contributed by atoms with van der Waals surface area (Å²) in [6, 6.07) is 5.67. The minimum Gasteiger partial charge on any atom is -0.497 e. The first kappa shape index (κ1) is 12.6. The van der Waals surface area contributed by atoms with Crippen LogP contribution in [0.5, 0.6) is 5.75 Å². The molecule has 4 heteroatoms. The van der Waals surface area contributed by atoms with E-state index in [0.717, 1.165) is 36.7 Å². The summed E-state index contributed by atoms with van der Waals surface area (Å²) in [5.74, 6) is 0.822. The standard InChI is InChI=1S/C12H20N2O2/c1-14(7-4-8-15-2)12-9-10(16-3)5-6-11(12)13/h5-6,9H,4,7-8,13H2,1-3H3. The van der Waals surface area contributed by atoms with E-state index in [1.54, 1.807) is 14.2 Å². The van der Waals surface area contributed by atoms with Gasteiger partial charge < -0.3 is 20.1 Å². The second-order valence-corrected chi connectivity index (χ2v) is 3.69. The topological polar surface area (TPSA) is 47.7 Å². The maximum absolute atomic E-state index is 5.92. The molecule has 0 atom stereocenters. The first-order chi connectivity index (χ1) is 7.69. The number of hydrogen-bond donors (Lipinski definition) is 1. The van der Waals surface area contributed by atoms with Gasteiger partial charge in [-0.15, -0.1) is 0 Å². The Morgan fingerprint density at radius 2 is 2.06 bits per heavy atom. The number of hydrogen-bond acceptors (Lipinski definition) is 4. The highest BCUT2D eigenvalue weighted by Crippen LogP contribution is 2.27. The molecule has 1 rings (SSSR count). The second kappa shape index (κ2) is 6.23. The van der Waals surface area contributed by atoms with Crippen LogP contribution in [0.25, 0.3) is 0 Å². The summed E-state index contributed by atoms with van der Waals surface area (Å²) in [6.07, 6.45) is 0.976. The highest BCUT2D eigenvalue weighted by Gasteiger charge is 2.06. The summed E-state index contributed by atoms with van der Waals surface area (Å²) in [7, 11) is 5.38. The van der Waals surface area contributed by atoms with Crippen LogP contribution in [0.2, 0.25) is 0 Å². The van der Waals surface area contributed by atoms with Gasteiger partial charge in [0.05, 0.1) is 18.5 Å². The Balaban J connectivity index is 2.69. The third kappa shape index (κ3) is 3.31. The molecule has 2 N–H and O–H groups in total. The molecule has 0 spiro atoms. The lowest BCUT2D eigenvalue weighted by Crippen LogP contribution is -2.20. The molecule has 0 saturated carbocycles. The molecule has 0 heterocycles. The average molecular weight is 224 g/mol. The van der Waals surface area contributed by atoms with E-state index in [4.69, 9.17) is 15.2 Å². The zero-order valence-electron chi connectivity index (χ0n) is 10.2. The molecule has 0 radical (unpaired) electrons. The summed E-state index contributed by atoms with van der Waals surface area (Å²) in [5.41, 5.74) is 7.68. The van der Waals surface area contributed by atoms with Crippen LogP contribution in [0.3, 0.4) is 0 Å². The first-order valence-corrected chi connectivity index (χ1v) is 5.32. The largest absolute Gasteiger partial charge is 0.497 e. The number of ether oxygens (including phenoxy) is 2. The van der Waals surface area contributed by atoms with Gasteiger partial charge in [0.2, 0.25) is 0 Å². The molecule has 0 saturated heterocycles. The van der Waals surface area contributed by atoms with E-state index in [1.165, 1.54) is 0 Å². The Morgan fingerprint density at radius 1 is 1.31 bits per heavy atom. The average Bonchev–Trinajstić information content (AvgIpc) is 2.30. The van der Waals surface area contributed by atoms with E-state index in [-0.39, 0.29) is 0 Å². The van der Waals surface area contributed by atoms with Crippen molar-refractivity contribution in [3.63, 3.8) is 0 Å². The van der Waals surface area contributed by atoms with Crippen LogP contribution >= 0.6 is 0 Å². The van der Waals surface area contributed by atoms with Crippen LogP contribution in [-0.4, -0.2) is 34.4 Å². The van der Waals surface area contributed by atoms with Gasteiger partial charge in [0.1, 0.15) is 5.75 Å². The molecule has 0 aliphatic rings. The van der Waals surface area contributed by atoms with Crippen LogP contribution in [0.4, 0.5) is 11.4 Å². The zero-order valence-corrected chi connectivity index (χ0v) is 10.2. The maximum Gasteiger partial charge on any atom is 0.121 e. The number of nitrogens with zero attached hydrogens (tertiary/aromatic N) is 1. The van der Waals surface area contributed by atoms with E-state index in [9.17, 15) is 0 Å². The summed E-state index contributed by atoms with van der Waals surface area (Å²) in [6.45, 7) is 1.67. The van der Waals surface area contributed by atoms with E-state index >= 15 is 0 Å². The maximum atomic E-state index is 5.92. The van der Waals surface area contributed by atoms with Gasteiger partial charge in [-0.1, -0.05) is 0 Å². The van der Waals surface area contributed by atoms with Crippen molar-refractivity contribution in [3.8, 4) is 5.75 Å². The molecule has 0 aromatic heterocycles. The highest BCUT2D eigenvalue weighted by molar-refractivity contribution is 5.69. The summed E-state index contributed by atoms with van der Waals surface area (Å²) >= 11 is 0. The molecule has 16 heavy (non-hydrogen) atoms. The van der Waals surface area contributed by atoms with Crippen LogP contribution in [0, 0.1) is 0 Å². The molecule has 0 bridgehead atoms. The number of anilines is 2. The molecule has 1 aromatic carbocycles. The lowest BCUT2D eigenvalue weighted by atomic mass is 10.2. The molecule has 0 aliphatic heterocycles. The second-order valence-electron chi connectivity index (χ2n) is 3.69. The Labute approximate surface area is 96.9 Å². The van der Waals surface area contributed by atoms with Crippen molar-refractivity contribution in [2.24, 2.45) is 0 Å². The van der Waals surface area contributed by atoms with Crippen LogP contribution in [-0.2, 0) is 4.74 Å². The predicted molar refractivity (Wildman–Crippen MR) is 67.2 cm³/mol. The molecule has 90 valence electrons. The molecular formula is C12H20N2O2. The summed E-state index contributed by atoms with van der Waals surface area (Å²) in [4.78, 5) is 2.11. The molecular weight excluding hydrogens is 204 g/mol. The Kier molecular flexibility index (Phi) is 4.92. The molecule has 0 fully saturated rings. The fourth-order valence-electron chi connectivity index (χ4n) is 1.55. The lowest BCUT2D eigenvalue weighted by Gasteiger charge is -2.21. The number of nitrogen functional groups attached to an aromatic ring is 1. The van der Waals surface area contributed by atoms with Crippen LogP contribution in [0.15, 0.2) is 18.2 Å². The highest BCUT2D eigenvalue weighted by atomic mass is 16.5. The van der Waals surface area contributed by atoms with Crippen molar-refractivity contribution in [1.29, 1.82) is 0 Å². The number of rotatable bonds is 6. The lowest BCUT2D eigenvalue weighted by molar-refractivity contribution is 0.196. The summed E-state index contributed by atoms with van der Waals surface area (Å²) < 4.78 is 10.2. The number of benzene rings is 1. The van der Waals surface area contributed by atoms with Crippen molar-refractivity contribution in [1.82, 2.24) is 0 Å². The fraction of sp³-hybridized carbons (Fsp3) is 0.500. The third-order valence-electron chi connectivity index (χ3n) is 2.49. The van der Waals surface area contributed by atoms with Crippen molar-refractivity contribution >= 4 is 11.4 Å². The van der Waals surface area contributed by atoms with Crippen molar-refractivity contribution in [2.75, 3.05) is 45.1 Å². The quantitative estimate of drug-likeness (QED) is 0.590. The molecule has 4 nitrogen and oxygen atoms in total. The van der Waals surface area contributed by atoms with Crippen molar-refractivity contribution < 1.29 is 9.47 Å². The minimum absolute atomic E-state index is 0.758. The fourth-order valence-corrected chi connectivity index (χ4v) is 1.55. The zero-order chi connectivity index (χ0) is 12.0. The molecule has 0 aliphatic carbocycles. The van der Waals surface area contributed by atoms with Gasteiger partial charge in [0.25, 0.3) is 0 Å². The smallest absolute Gasteiger partial charge is 0.121 e. The SMILES string of the molecule is COCCCN(C)c1cc(OC)ccc1N. The van der Waals surface area contributed by atoms with E-state index < -0.39 is 0 Å². The van der Waals surface area contributed by atoms with Crippen molar-refractivity contribution in [3.05, 3.63) is 18.2 Å². The molecule has 1 aromatic rings. The van der Waals surface area contributed by atoms with Gasteiger partial charge in [-0.2, -0.15) is 0 Å². The van der Waals surface area contributed by atoms with Crippen LogP contribution in [0.1, 0.15) is 6.42 Å². The van der Waals surface area contributed by atoms with E-state index in [1.807, 2.05) is 25.2 Å². The van der Waals surface area contributed by atoms with Gasteiger partial charge in [0.15, 0.2) is 0 Å².